The second kappa shape index (κ2) is 50.7. The maximum absolute atomic E-state index is 14.1. The van der Waals surface area contributed by atoms with Gasteiger partial charge in [-0.2, -0.15) is 0 Å². The van der Waals surface area contributed by atoms with E-state index in [1.807, 2.05) is 0 Å². The Morgan fingerprint density at radius 1 is 0.309 bits per heavy atom. The molecule has 0 saturated carbocycles. The van der Waals surface area contributed by atoms with Crippen molar-refractivity contribution < 1.29 is 24.0 Å². The molecule has 68 heavy (non-hydrogen) atoms. The van der Waals surface area contributed by atoms with Crippen molar-refractivity contribution in [1.82, 2.24) is 26.6 Å². The second-order valence-corrected chi connectivity index (χ2v) is 20.0. The first-order chi connectivity index (χ1) is 33.2. The van der Waals surface area contributed by atoms with Crippen LogP contribution in [-0.4, -0.2) is 73.8 Å². The number of hydrogen-bond donors (Lipinski definition) is 7. The zero-order valence-electron chi connectivity index (χ0n) is 44.7. The summed E-state index contributed by atoms with van der Waals surface area (Å²) in [5.74, 6) is -1.17. The molecule has 0 aliphatic carbocycles. The van der Waals surface area contributed by atoms with Crippen LogP contribution in [0.3, 0.4) is 0 Å². The summed E-state index contributed by atoms with van der Waals surface area (Å²) in [5, 5.41) is 15.0. The third-order valence-electron chi connectivity index (χ3n) is 13.4. The van der Waals surface area contributed by atoms with Crippen LogP contribution in [0.15, 0.2) is 0 Å². The zero-order valence-corrected chi connectivity index (χ0v) is 44.7. The molecule has 3 atom stereocenters. The number of hydrogen-bond acceptors (Lipinski definition) is 7. The summed E-state index contributed by atoms with van der Waals surface area (Å²) >= 11 is 0. The van der Waals surface area contributed by atoms with Gasteiger partial charge in [-0.05, 0) is 90.1 Å². The van der Waals surface area contributed by atoms with Gasteiger partial charge in [0.25, 0.3) is 0 Å². The number of carbonyl (C=O) groups is 5. The molecule has 9 N–H and O–H groups in total. The molecule has 0 bridgehead atoms. The maximum Gasteiger partial charge on any atom is 0.243 e. The molecule has 0 radical (unpaired) electrons. The van der Waals surface area contributed by atoms with E-state index in [0.29, 0.717) is 90.4 Å². The molecule has 0 aliphatic rings. The second-order valence-electron chi connectivity index (χ2n) is 20.0. The molecule has 0 aromatic carbocycles. The number of amides is 5. The third-order valence-corrected chi connectivity index (χ3v) is 13.4. The molecule has 0 aromatic heterocycles. The largest absolute Gasteiger partial charge is 0.356 e. The summed E-state index contributed by atoms with van der Waals surface area (Å²) in [4.78, 5) is 67.2. The van der Waals surface area contributed by atoms with Gasteiger partial charge in [0.05, 0.1) is 0 Å². The first-order valence-electron chi connectivity index (χ1n) is 29.1. The third kappa shape index (κ3) is 42.2. The number of nitrogens with one attached hydrogen (secondary N) is 5. The van der Waals surface area contributed by atoms with E-state index in [1.165, 1.54) is 135 Å². The molecule has 0 aromatic rings. The molecule has 0 saturated heterocycles. The lowest BCUT2D eigenvalue weighted by Crippen LogP contribution is -2.56. The molecular weight excluding hydrogens is 851 g/mol. The number of nitrogens with two attached hydrogens (primary N) is 2. The lowest BCUT2D eigenvalue weighted by Gasteiger charge is -2.25. The molecule has 400 valence electrons. The first kappa shape index (κ1) is 65.3. The van der Waals surface area contributed by atoms with E-state index in [0.717, 1.165) is 64.2 Å². The Morgan fingerprint density at radius 2 is 0.603 bits per heavy atom. The van der Waals surface area contributed by atoms with E-state index in [2.05, 4.69) is 47.4 Å². The van der Waals surface area contributed by atoms with Gasteiger partial charge in [0, 0.05) is 25.9 Å². The Labute approximate surface area is 418 Å². The summed E-state index contributed by atoms with van der Waals surface area (Å²) in [5.41, 5.74) is 11.6. The van der Waals surface area contributed by atoms with Crippen LogP contribution in [0.5, 0.6) is 0 Å². The smallest absolute Gasteiger partial charge is 0.243 e. The van der Waals surface area contributed by atoms with Gasteiger partial charge in [-0.25, -0.2) is 0 Å². The SMILES string of the molecule is CCCCCCCCCCCCCCCC(=O)NCCCCC(NC(=O)CCCCCCCCCCCCCCC)C(=O)N[C@@H](CCCCN)C(=O)NC(CCCCN)C(=O)NCCCCCC. The Bertz CT molecular complexity index is 1190. The van der Waals surface area contributed by atoms with Gasteiger partial charge < -0.3 is 38.1 Å². The Balaban J connectivity index is 5.29. The monoisotopic (exact) mass is 962 g/mol. The van der Waals surface area contributed by atoms with Gasteiger partial charge in [-0.15, -0.1) is 0 Å². The number of carbonyl (C=O) groups excluding carboxylic acids is 5. The van der Waals surface area contributed by atoms with Gasteiger partial charge in [0.2, 0.25) is 29.5 Å². The Morgan fingerprint density at radius 3 is 1.00 bits per heavy atom. The van der Waals surface area contributed by atoms with E-state index in [9.17, 15) is 24.0 Å². The van der Waals surface area contributed by atoms with E-state index in [1.54, 1.807) is 0 Å². The highest BCUT2D eigenvalue weighted by molar-refractivity contribution is 5.94. The van der Waals surface area contributed by atoms with Gasteiger partial charge >= 0.3 is 0 Å². The summed E-state index contributed by atoms with van der Waals surface area (Å²) < 4.78 is 0. The van der Waals surface area contributed by atoms with Crippen LogP contribution in [0.25, 0.3) is 0 Å². The van der Waals surface area contributed by atoms with E-state index >= 15 is 0 Å². The summed E-state index contributed by atoms with van der Waals surface area (Å²) in [6.07, 6.45) is 42.5. The molecule has 0 aliphatic heterocycles. The summed E-state index contributed by atoms with van der Waals surface area (Å²) in [7, 11) is 0. The Kier molecular flexibility index (Phi) is 48.6. The van der Waals surface area contributed by atoms with Gasteiger partial charge in [-0.3, -0.25) is 24.0 Å². The lowest BCUT2D eigenvalue weighted by molar-refractivity contribution is -0.134. The van der Waals surface area contributed by atoms with Gasteiger partial charge in [0.15, 0.2) is 0 Å². The normalized spacial score (nSPS) is 12.6. The molecule has 0 rings (SSSR count). The van der Waals surface area contributed by atoms with Crippen molar-refractivity contribution in [2.75, 3.05) is 26.2 Å². The van der Waals surface area contributed by atoms with Crippen LogP contribution in [0, 0.1) is 0 Å². The van der Waals surface area contributed by atoms with Crippen molar-refractivity contribution in [2.45, 2.75) is 302 Å². The average Bonchev–Trinajstić information content (AvgIpc) is 3.33. The predicted octanol–water partition coefficient (Wildman–Crippen LogP) is 11.6. The minimum atomic E-state index is -0.895. The molecule has 0 fully saturated rings. The number of rotatable bonds is 52. The Hall–Kier alpha value is -2.73. The highest BCUT2D eigenvalue weighted by Crippen LogP contribution is 2.15. The summed E-state index contributed by atoms with van der Waals surface area (Å²) in [6, 6.07) is -2.47. The van der Waals surface area contributed by atoms with Crippen LogP contribution in [-0.2, 0) is 24.0 Å². The van der Waals surface area contributed by atoms with Crippen LogP contribution in [0.1, 0.15) is 284 Å². The molecule has 0 heterocycles. The fraction of sp³-hybridized carbons (Fsp3) is 0.911. The van der Waals surface area contributed by atoms with Gasteiger partial charge in [-0.1, -0.05) is 194 Å². The molecular formula is C56H111N7O5. The van der Waals surface area contributed by atoms with Crippen molar-refractivity contribution >= 4 is 29.5 Å². The van der Waals surface area contributed by atoms with Crippen LogP contribution < -0.4 is 38.1 Å². The van der Waals surface area contributed by atoms with Crippen molar-refractivity contribution in [2.24, 2.45) is 11.5 Å². The van der Waals surface area contributed by atoms with Crippen LogP contribution in [0.2, 0.25) is 0 Å². The highest BCUT2D eigenvalue weighted by atomic mass is 16.2. The minimum absolute atomic E-state index is 0.0614. The highest BCUT2D eigenvalue weighted by Gasteiger charge is 2.29. The quantitative estimate of drug-likeness (QED) is 0.0294. The van der Waals surface area contributed by atoms with E-state index < -0.39 is 29.9 Å². The van der Waals surface area contributed by atoms with Crippen molar-refractivity contribution in [3.8, 4) is 0 Å². The van der Waals surface area contributed by atoms with E-state index in [-0.39, 0.29) is 17.7 Å². The zero-order chi connectivity index (χ0) is 50.0. The molecule has 2 unspecified atom stereocenters. The standard InChI is InChI=1S/C56H111N7O5/c1-4-7-10-13-15-17-19-21-23-25-27-29-31-43-52(64)59-47-39-35-42-50(61-53(65)44-32-30-28-26-24-22-20-18-16-14-11-8-5-2)55(67)63-51(41-34-37-46-58)56(68)62-49(40-33-36-45-57)54(66)60-48-38-12-9-6-3/h49-51H,4-48,57-58H2,1-3H3,(H,59,64)(H,60,66)(H,61,65)(H,62,68)(H,63,67)/t49?,50?,51-/m0/s1. The minimum Gasteiger partial charge on any atom is -0.356 e. The topological polar surface area (TPSA) is 198 Å². The van der Waals surface area contributed by atoms with Crippen LogP contribution in [0.4, 0.5) is 0 Å². The van der Waals surface area contributed by atoms with Gasteiger partial charge in [0.1, 0.15) is 18.1 Å². The fourth-order valence-electron chi connectivity index (χ4n) is 8.89. The van der Waals surface area contributed by atoms with Crippen LogP contribution >= 0.6 is 0 Å². The molecule has 12 nitrogen and oxygen atoms in total. The molecule has 0 spiro atoms. The summed E-state index contributed by atoms with van der Waals surface area (Å²) in [6.45, 7) is 8.67. The average molecular weight is 963 g/mol. The molecule has 12 heteroatoms. The fourth-order valence-corrected chi connectivity index (χ4v) is 8.89. The number of unbranched alkanes of at least 4 members (excludes halogenated alkanes) is 30. The molecule has 5 amide bonds. The van der Waals surface area contributed by atoms with E-state index in [4.69, 9.17) is 11.5 Å². The maximum atomic E-state index is 14.1. The first-order valence-corrected chi connectivity index (χ1v) is 29.1. The predicted molar refractivity (Wildman–Crippen MR) is 286 cm³/mol. The van der Waals surface area contributed by atoms with Crippen molar-refractivity contribution in [1.29, 1.82) is 0 Å². The van der Waals surface area contributed by atoms with Crippen molar-refractivity contribution in [3.63, 3.8) is 0 Å². The lowest BCUT2D eigenvalue weighted by atomic mass is 10.0. The van der Waals surface area contributed by atoms with Crippen molar-refractivity contribution in [3.05, 3.63) is 0 Å².